The largest absolute Gasteiger partial charge is 0.347 e. The summed E-state index contributed by atoms with van der Waals surface area (Å²) in [5, 5.41) is 17.5. The molecule has 0 aliphatic heterocycles. The fourth-order valence-corrected chi connectivity index (χ4v) is 1.30. The number of benzene rings is 1. The predicted molar refractivity (Wildman–Crippen MR) is 54.6 cm³/mol. The number of para-hydroxylation sites is 1. The highest BCUT2D eigenvalue weighted by Crippen LogP contribution is 2.19. The maximum atomic E-state index is 8.73. The molecule has 3 heteroatoms. The highest BCUT2D eigenvalue weighted by atomic mass is 15.1. The molecule has 14 heavy (non-hydrogen) atoms. The molecule has 0 heterocycles. The van der Waals surface area contributed by atoms with Crippen LogP contribution in [-0.4, -0.2) is 13.1 Å². The topological polar surface area (TPSA) is 50.8 Å². The second kappa shape index (κ2) is 4.30. The Bertz CT molecular complexity index is 384. The first-order valence-corrected chi connectivity index (χ1v) is 4.28. The van der Waals surface area contributed by atoms with Gasteiger partial charge >= 0.3 is 0 Å². The van der Waals surface area contributed by atoms with Crippen LogP contribution < -0.4 is 4.90 Å². The predicted octanol–water partition coefficient (Wildman–Crippen LogP) is 1.85. The Morgan fingerprint density at radius 2 is 1.79 bits per heavy atom. The first-order chi connectivity index (χ1) is 6.70. The third kappa shape index (κ3) is 1.84. The molecule has 0 aliphatic carbocycles. The summed E-state index contributed by atoms with van der Waals surface area (Å²) >= 11 is 0. The van der Waals surface area contributed by atoms with E-state index in [1.807, 2.05) is 43.3 Å². The lowest BCUT2D eigenvalue weighted by atomic mass is 10.1. The van der Waals surface area contributed by atoms with E-state index in [4.69, 9.17) is 10.5 Å². The fourth-order valence-electron chi connectivity index (χ4n) is 1.30. The fraction of sp³-hybridized carbons (Fsp3) is 0.273. The van der Waals surface area contributed by atoms with Crippen LogP contribution in [0.1, 0.15) is 5.56 Å². The lowest BCUT2D eigenvalue weighted by Gasteiger charge is -2.21. The summed E-state index contributed by atoms with van der Waals surface area (Å²) in [5.41, 5.74) is 1.98. The van der Waals surface area contributed by atoms with Gasteiger partial charge in [0, 0.05) is 12.7 Å². The van der Waals surface area contributed by atoms with E-state index in [1.54, 1.807) is 11.9 Å². The third-order valence-electron chi connectivity index (χ3n) is 2.13. The molecule has 0 amide bonds. The zero-order valence-electron chi connectivity index (χ0n) is 8.23. The minimum Gasteiger partial charge on any atom is -0.347 e. The van der Waals surface area contributed by atoms with Crippen molar-refractivity contribution in [3.05, 3.63) is 29.8 Å². The van der Waals surface area contributed by atoms with Gasteiger partial charge in [-0.3, -0.25) is 0 Å². The Labute approximate surface area is 83.8 Å². The number of anilines is 1. The van der Waals surface area contributed by atoms with Crippen LogP contribution in [0, 0.1) is 29.6 Å². The minimum absolute atomic E-state index is 0.726. The summed E-state index contributed by atoms with van der Waals surface area (Å²) in [6.45, 7) is 1.96. The summed E-state index contributed by atoms with van der Waals surface area (Å²) in [7, 11) is 1.75. The zero-order chi connectivity index (χ0) is 10.6. The van der Waals surface area contributed by atoms with Crippen molar-refractivity contribution in [2.45, 2.75) is 13.0 Å². The maximum Gasteiger partial charge on any atom is 0.204 e. The Morgan fingerprint density at radius 3 is 2.29 bits per heavy atom. The van der Waals surface area contributed by atoms with Gasteiger partial charge < -0.3 is 4.90 Å². The van der Waals surface area contributed by atoms with Crippen LogP contribution in [0.3, 0.4) is 0 Å². The van der Waals surface area contributed by atoms with Crippen molar-refractivity contribution < 1.29 is 0 Å². The molecule has 70 valence electrons. The van der Waals surface area contributed by atoms with Gasteiger partial charge in [-0.2, -0.15) is 10.5 Å². The average Bonchev–Trinajstić information content (AvgIpc) is 2.20. The van der Waals surface area contributed by atoms with E-state index in [-0.39, 0.29) is 0 Å². The first-order valence-electron chi connectivity index (χ1n) is 4.28. The molecule has 3 nitrogen and oxygen atoms in total. The van der Waals surface area contributed by atoms with Crippen molar-refractivity contribution in [2.75, 3.05) is 11.9 Å². The van der Waals surface area contributed by atoms with E-state index < -0.39 is 6.04 Å². The van der Waals surface area contributed by atoms with Gasteiger partial charge in [0.2, 0.25) is 6.04 Å². The summed E-state index contributed by atoms with van der Waals surface area (Å²) in [6, 6.07) is 10.8. The monoisotopic (exact) mass is 185 g/mol. The molecule has 0 saturated heterocycles. The van der Waals surface area contributed by atoms with Gasteiger partial charge in [0.1, 0.15) is 12.1 Å². The SMILES string of the molecule is Cc1ccccc1N(C)C(C#N)C#N. The van der Waals surface area contributed by atoms with Gasteiger partial charge in [-0.25, -0.2) is 0 Å². The van der Waals surface area contributed by atoms with Gasteiger partial charge in [-0.15, -0.1) is 0 Å². The number of rotatable bonds is 2. The maximum absolute atomic E-state index is 8.73. The summed E-state index contributed by atoms with van der Waals surface area (Å²) < 4.78 is 0. The van der Waals surface area contributed by atoms with Gasteiger partial charge in [0.25, 0.3) is 0 Å². The van der Waals surface area contributed by atoms with Crippen LogP contribution in [0.5, 0.6) is 0 Å². The molecule has 0 aliphatic rings. The van der Waals surface area contributed by atoms with Crippen molar-refractivity contribution in [3.63, 3.8) is 0 Å². The number of hydrogen-bond acceptors (Lipinski definition) is 3. The second-order valence-electron chi connectivity index (χ2n) is 3.06. The Balaban J connectivity index is 3.02. The van der Waals surface area contributed by atoms with Crippen LogP contribution in [0.15, 0.2) is 24.3 Å². The molecule has 0 spiro atoms. The zero-order valence-corrected chi connectivity index (χ0v) is 8.23. The van der Waals surface area contributed by atoms with Crippen molar-refractivity contribution in [1.29, 1.82) is 10.5 Å². The molecule has 0 radical (unpaired) electrons. The standard InChI is InChI=1S/C11H11N3/c1-9-5-3-4-6-11(9)14(2)10(7-12)8-13/h3-6,10H,1-2H3. The van der Waals surface area contributed by atoms with Crippen molar-refractivity contribution in [1.82, 2.24) is 0 Å². The van der Waals surface area contributed by atoms with E-state index >= 15 is 0 Å². The van der Waals surface area contributed by atoms with E-state index in [9.17, 15) is 0 Å². The van der Waals surface area contributed by atoms with E-state index in [0.717, 1.165) is 11.3 Å². The highest BCUT2D eigenvalue weighted by Gasteiger charge is 2.14. The summed E-state index contributed by atoms with van der Waals surface area (Å²) in [6.07, 6.45) is 0. The normalized spacial score (nSPS) is 9.21. The lowest BCUT2D eigenvalue weighted by Crippen LogP contribution is -2.29. The Hall–Kier alpha value is -2.00. The van der Waals surface area contributed by atoms with Crippen molar-refractivity contribution >= 4 is 5.69 Å². The molecule has 0 unspecified atom stereocenters. The molecule has 0 N–H and O–H groups in total. The molecule has 0 atom stereocenters. The molecule has 1 aromatic rings. The third-order valence-corrected chi connectivity index (χ3v) is 2.13. The van der Waals surface area contributed by atoms with Crippen molar-refractivity contribution in [2.24, 2.45) is 0 Å². The number of nitriles is 2. The Kier molecular flexibility index (Phi) is 3.09. The molecular formula is C11H11N3. The van der Waals surface area contributed by atoms with Crippen LogP contribution in [0.2, 0.25) is 0 Å². The Morgan fingerprint density at radius 1 is 1.21 bits per heavy atom. The van der Waals surface area contributed by atoms with E-state index in [0.29, 0.717) is 0 Å². The molecular weight excluding hydrogens is 174 g/mol. The molecule has 0 saturated carbocycles. The summed E-state index contributed by atoms with van der Waals surface area (Å²) in [5.74, 6) is 0. The van der Waals surface area contributed by atoms with Gasteiger partial charge in [0.05, 0.1) is 0 Å². The molecule has 0 aromatic heterocycles. The van der Waals surface area contributed by atoms with Crippen molar-refractivity contribution in [3.8, 4) is 12.1 Å². The van der Waals surface area contributed by atoms with Crippen LogP contribution in [0.25, 0.3) is 0 Å². The molecule has 1 aromatic carbocycles. The van der Waals surface area contributed by atoms with Crippen LogP contribution in [0.4, 0.5) is 5.69 Å². The minimum atomic E-state index is -0.726. The first kappa shape index (κ1) is 10.1. The summed E-state index contributed by atoms with van der Waals surface area (Å²) in [4.78, 5) is 1.68. The van der Waals surface area contributed by atoms with Gasteiger partial charge in [-0.05, 0) is 18.6 Å². The molecule has 0 bridgehead atoms. The van der Waals surface area contributed by atoms with Crippen LogP contribution >= 0.6 is 0 Å². The van der Waals surface area contributed by atoms with E-state index in [2.05, 4.69) is 0 Å². The average molecular weight is 185 g/mol. The van der Waals surface area contributed by atoms with Gasteiger partial charge in [-0.1, -0.05) is 18.2 Å². The number of nitrogens with zero attached hydrogens (tertiary/aromatic N) is 3. The lowest BCUT2D eigenvalue weighted by molar-refractivity contribution is 0.909. The molecule has 1 rings (SSSR count). The van der Waals surface area contributed by atoms with Gasteiger partial charge in [0.15, 0.2) is 0 Å². The van der Waals surface area contributed by atoms with Crippen LogP contribution in [-0.2, 0) is 0 Å². The van der Waals surface area contributed by atoms with E-state index in [1.165, 1.54) is 0 Å². The highest BCUT2D eigenvalue weighted by molar-refractivity contribution is 5.55. The molecule has 0 fully saturated rings. The second-order valence-corrected chi connectivity index (χ2v) is 3.06. The smallest absolute Gasteiger partial charge is 0.204 e. The quantitative estimate of drug-likeness (QED) is 0.706. The number of hydrogen-bond donors (Lipinski definition) is 0. The number of aryl methyl sites for hydroxylation is 1.